The minimum atomic E-state index is 0.322. The Morgan fingerprint density at radius 1 is 0.643 bits per heavy atom. The Balaban J connectivity index is 1.88. The average molecular weight is 359 g/mol. The molecule has 0 bridgehead atoms. The van der Waals surface area contributed by atoms with Gasteiger partial charge in [-0.05, 0) is 23.3 Å². The van der Waals surface area contributed by atoms with Crippen molar-refractivity contribution in [1.82, 2.24) is 9.97 Å². The first-order valence-corrected chi connectivity index (χ1v) is 8.56. The molecular formula is C23H13N5. The zero-order chi connectivity index (χ0) is 19.5. The highest BCUT2D eigenvalue weighted by Crippen LogP contribution is 2.34. The molecule has 28 heavy (non-hydrogen) atoms. The van der Waals surface area contributed by atoms with E-state index in [9.17, 15) is 10.5 Å². The predicted molar refractivity (Wildman–Crippen MR) is 106 cm³/mol. The number of nitriles is 3. The van der Waals surface area contributed by atoms with Crippen molar-refractivity contribution in [2.24, 2.45) is 0 Å². The molecule has 4 aromatic rings. The van der Waals surface area contributed by atoms with Crippen LogP contribution in [0.5, 0.6) is 0 Å². The van der Waals surface area contributed by atoms with Crippen LogP contribution in [0.2, 0.25) is 0 Å². The number of aromatic amines is 2. The van der Waals surface area contributed by atoms with Crippen LogP contribution < -0.4 is 0 Å². The molecule has 130 valence electrons. The van der Waals surface area contributed by atoms with Gasteiger partial charge in [-0.2, -0.15) is 15.8 Å². The van der Waals surface area contributed by atoms with Crippen molar-refractivity contribution in [1.29, 1.82) is 15.8 Å². The van der Waals surface area contributed by atoms with E-state index in [-0.39, 0.29) is 0 Å². The summed E-state index contributed by atoms with van der Waals surface area (Å²) < 4.78 is 0. The molecule has 0 amide bonds. The lowest BCUT2D eigenvalue weighted by Gasteiger charge is -2.04. The highest BCUT2D eigenvalue weighted by atomic mass is 14.7. The fourth-order valence-electron chi connectivity index (χ4n) is 3.23. The summed E-state index contributed by atoms with van der Waals surface area (Å²) in [5, 5.41) is 28.4. The van der Waals surface area contributed by atoms with Gasteiger partial charge < -0.3 is 9.97 Å². The molecule has 0 atom stereocenters. The Labute approximate surface area is 161 Å². The standard InChI is InChI=1S/C23H13N5/c24-11-15-9-21(27-14-15)17-7-4-8-18(10-17)23-20(13-26)19(12-25)22(28-23)16-5-2-1-3-6-16/h1-10,14,27-28H. The van der Waals surface area contributed by atoms with Crippen LogP contribution >= 0.6 is 0 Å². The molecule has 2 N–H and O–H groups in total. The third-order valence-electron chi connectivity index (χ3n) is 4.56. The third kappa shape index (κ3) is 2.82. The first-order chi connectivity index (χ1) is 13.7. The summed E-state index contributed by atoms with van der Waals surface area (Å²) in [6.45, 7) is 0. The Hall–Kier alpha value is -4.53. The Kier molecular flexibility index (Phi) is 4.23. The van der Waals surface area contributed by atoms with Gasteiger partial charge >= 0.3 is 0 Å². The first-order valence-electron chi connectivity index (χ1n) is 8.56. The van der Waals surface area contributed by atoms with Crippen molar-refractivity contribution in [2.75, 3.05) is 0 Å². The van der Waals surface area contributed by atoms with Gasteiger partial charge in [0.15, 0.2) is 0 Å². The second-order valence-corrected chi connectivity index (χ2v) is 6.21. The molecule has 0 radical (unpaired) electrons. The number of hydrogen-bond donors (Lipinski definition) is 2. The minimum Gasteiger partial charge on any atom is -0.360 e. The Morgan fingerprint density at radius 2 is 1.29 bits per heavy atom. The van der Waals surface area contributed by atoms with Crippen molar-refractivity contribution >= 4 is 0 Å². The van der Waals surface area contributed by atoms with E-state index < -0.39 is 0 Å². The summed E-state index contributed by atoms with van der Waals surface area (Å²) >= 11 is 0. The van der Waals surface area contributed by atoms with E-state index in [1.807, 2.05) is 54.6 Å². The van der Waals surface area contributed by atoms with Crippen LogP contribution in [-0.2, 0) is 0 Å². The van der Waals surface area contributed by atoms with Gasteiger partial charge in [0.1, 0.15) is 18.2 Å². The van der Waals surface area contributed by atoms with Crippen LogP contribution in [0, 0.1) is 34.0 Å². The van der Waals surface area contributed by atoms with Gasteiger partial charge in [-0.25, -0.2) is 0 Å². The number of H-pyrrole nitrogens is 2. The molecule has 4 rings (SSSR count). The predicted octanol–water partition coefficient (Wildman–Crippen LogP) is 4.96. The average Bonchev–Trinajstić information content (AvgIpc) is 3.39. The summed E-state index contributed by atoms with van der Waals surface area (Å²) in [6.07, 6.45) is 1.65. The lowest BCUT2D eigenvalue weighted by Crippen LogP contribution is -1.85. The molecule has 0 aliphatic rings. The largest absolute Gasteiger partial charge is 0.360 e. The highest BCUT2D eigenvalue weighted by Gasteiger charge is 2.20. The Morgan fingerprint density at radius 3 is 1.93 bits per heavy atom. The maximum absolute atomic E-state index is 9.71. The molecule has 2 heterocycles. The summed E-state index contributed by atoms with van der Waals surface area (Å²) in [7, 11) is 0. The fraction of sp³-hybridized carbons (Fsp3) is 0. The summed E-state index contributed by atoms with van der Waals surface area (Å²) in [4.78, 5) is 6.36. The number of rotatable bonds is 3. The normalized spacial score (nSPS) is 10.0. The van der Waals surface area contributed by atoms with Gasteiger partial charge in [-0.15, -0.1) is 0 Å². The lowest BCUT2D eigenvalue weighted by molar-refractivity contribution is 1.37. The van der Waals surface area contributed by atoms with E-state index in [2.05, 4.69) is 28.2 Å². The molecule has 0 saturated heterocycles. The van der Waals surface area contributed by atoms with E-state index >= 15 is 0 Å². The zero-order valence-corrected chi connectivity index (χ0v) is 14.7. The molecule has 0 saturated carbocycles. The van der Waals surface area contributed by atoms with E-state index in [4.69, 9.17) is 5.26 Å². The summed E-state index contributed by atoms with van der Waals surface area (Å²) in [6, 6.07) is 25.3. The number of aromatic nitrogens is 2. The van der Waals surface area contributed by atoms with Gasteiger partial charge in [0.25, 0.3) is 0 Å². The molecule has 0 aliphatic carbocycles. The Bertz CT molecular complexity index is 1290. The fourth-order valence-corrected chi connectivity index (χ4v) is 3.23. The summed E-state index contributed by atoms with van der Waals surface area (Å²) in [5.74, 6) is 0. The van der Waals surface area contributed by atoms with Crippen molar-refractivity contribution in [3.63, 3.8) is 0 Å². The smallest absolute Gasteiger partial charge is 0.103 e. The van der Waals surface area contributed by atoms with E-state index in [1.54, 1.807) is 12.3 Å². The second-order valence-electron chi connectivity index (χ2n) is 6.21. The van der Waals surface area contributed by atoms with Crippen LogP contribution in [-0.4, -0.2) is 9.97 Å². The van der Waals surface area contributed by atoms with Crippen LogP contribution in [0.25, 0.3) is 33.8 Å². The second kappa shape index (κ2) is 7.00. The molecule has 2 aromatic carbocycles. The highest BCUT2D eigenvalue weighted by molar-refractivity contribution is 5.82. The van der Waals surface area contributed by atoms with Gasteiger partial charge in [0.05, 0.1) is 28.1 Å². The van der Waals surface area contributed by atoms with Gasteiger partial charge in [-0.3, -0.25) is 0 Å². The zero-order valence-electron chi connectivity index (χ0n) is 14.7. The van der Waals surface area contributed by atoms with Crippen LogP contribution in [0.1, 0.15) is 16.7 Å². The maximum Gasteiger partial charge on any atom is 0.103 e. The van der Waals surface area contributed by atoms with E-state index in [0.29, 0.717) is 28.1 Å². The SMILES string of the molecule is N#Cc1c[nH]c(-c2cccc(-c3[nH]c(-c4ccccc4)c(C#N)c3C#N)c2)c1. The number of nitrogens with zero attached hydrogens (tertiary/aromatic N) is 3. The van der Waals surface area contributed by atoms with Crippen molar-refractivity contribution in [3.8, 4) is 52.0 Å². The van der Waals surface area contributed by atoms with Crippen LogP contribution in [0.4, 0.5) is 0 Å². The van der Waals surface area contributed by atoms with Crippen molar-refractivity contribution in [3.05, 3.63) is 83.6 Å². The van der Waals surface area contributed by atoms with Gasteiger partial charge in [0, 0.05) is 17.5 Å². The van der Waals surface area contributed by atoms with Crippen molar-refractivity contribution in [2.45, 2.75) is 0 Å². The van der Waals surface area contributed by atoms with Crippen molar-refractivity contribution < 1.29 is 0 Å². The molecule has 0 unspecified atom stereocenters. The molecule has 2 aromatic heterocycles. The topological polar surface area (TPSA) is 103 Å². The molecule has 5 nitrogen and oxygen atoms in total. The molecule has 0 fully saturated rings. The minimum absolute atomic E-state index is 0.322. The molecule has 5 heteroatoms. The van der Waals surface area contributed by atoms with Crippen LogP contribution in [0.15, 0.2) is 66.9 Å². The molecular weight excluding hydrogens is 346 g/mol. The monoisotopic (exact) mass is 359 g/mol. The lowest BCUT2D eigenvalue weighted by atomic mass is 10.0. The maximum atomic E-state index is 9.71. The molecule has 0 aliphatic heterocycles. The van der Waals surface area contributed by atoms with Gasteiger partial charge in [0.2, 0.25) is 0 Å². The third-order valence-corrected chi connectivity index (χ3v) is 4.56. The number of hydrogen-bond acceptors (Lipinski definition) is 3. The first kappa shape index (κ1) is 16.9. The van der Waals surface area contributed by atoms with Gasteiger partial charge in [-0.1, -0.05) is 48.5 Å². The molecule has 0 spiro atoms. The van der Waals surface area contributed by atoms with E-state index in [1.165, 1.54) is 0 Å². The van der Waals surface area contributed by atoms with Crippen LogP contribution in [0.3, 0.4) is 0 Å². The number of benzene rings is 2. The number of nitrogens with one attached hydrogen (secondary N) is 2. The quantitative estimate of drug-likeness (QED) is 0.540. The summed E-state index contributed by atoms with van der Waals surface area (Å²) in [5.41, 5.74) is 5.78. The van der Waals surface area contributed by atoms with E-state index in [0.717, 1.165) is 22.4 Å².